The van der Waals surface area contributed by atoms with E-state index in [0.29, 0.717) is 0 Å². The van der Waals surface area contributed by atoms with Crippen LogP contribution in [0.2, 0.25) is 0 Å². The van der Waals surface area contributed by atoms with Crippen molar-refractivity contribution < 1.29 is 26.7 Å². The molecule has 0 aromatic carbocycles. The summed E-state index contributed by atoms with van der Waals surface area (Å²) in [5.74, 6) is 0. The van der Waals surface area contributed by atoms with Crippen LogP contribution in [0.5, 0.6) is 0 Å². The molecule has 1 radical (unpaired) electrons. The second-order valence-electron chi connectivity index (χ2n) is 0.0833. The third kappa shape index (κ3) is 152. The standard InChI is InChI=1S/CO2.Cu/c2-1-3;. The Morgan fingerprint density at radius 3 is 1.25 bits per heavy atom. The van der Waals surface area contributed by atoms with Crippen LogP contribution in [-0.4, -0.2) is 6.15 Å². The molecule has 0 aliphatic heterocycles. The molecule has 0 saturated carbocycles. The first-order valence-corrected chi connectivity index (χ1v) is 0.408. The molecular formula is CCuO2. The Labute approximate surface area is 33.7 Å². The van der Waals surface area contributed by atoms with E-state index in [4.69, 9.17) is 9.59 Å². The van der Waals surface area contributed by atoms with E-state index in [1.807, 2.05) is 0 Å². The van der Waals surface area contributed by atoms with E-state index in [-0.39, 0.29) is 23.2 Å². The molecule has 3 heteroatoms. The molecule has 0 rings (SSSR count). The van der Waals surface area contributed by atoms with Crippen LogP contribution in [0.15, 0.2) is 0 Å². The number of rotatable bonds is 0. The first-order valence-electron chi connectivity index (χ1n) is 0.408. The van der Waals surface area contributed by atoms with Gasteiger partial charge in [-0.15, -0.1) is 0 Å². The van der Waals surface area contributed by atoms with Gasteiger partial charge in [-0.2, -0.15) is 9.59 Å². The fraction of sp³-hybridized carbons (Fsp3) is 0. The molecule has 0 heterocycles. The quantitative estimate of drug-likeness (QED) is 0.388. The van der Waals surface area contributed by atoms with Crippen LogP contribution in [0, 0.1) is 0 Å². The average molecular weight is 108 g/mol. The van der Waals surface area contributed by atoms with Crippen molar-refractivity contribution >= 4 is 6.15 Å². The van der Waals surface area contributed by atoms with E-state index in [1.165, 1.54) is 0 Å². The van der Waals surface area contributed by atoms with Crippen molar-refractivity contribution in [2.75, 3.05) is 0 Å². The summed E-state index contributed by atoms with van der Waals surface area (Å²) >= 11 is 0. The summed E-state index contributed by atoms with van der Waals surface area (Å²) in [6, 6.07) is 0. The normalized spacial score (nSPS) is 2.00. The molecule has 27 valence electrons. The summed E-state index contributed by atoms with van der Waals surface area (Å²) in [5.41, 5.74) is 0. The Morgan fingerprint density at radius 2 is 1.25 bits per heavy atom. The van der Waals surface area contributed by atoms with E-state index >= 15 is 0 Å². The predicted molar refractivity (Wildman–Crippen MR) is 5.01 cm³/mol. The number of hydrogen-bond acceptors (Lipinski definition) is 2. The maximum absolute atomic E-state index is 8.12. The molecule has 0 atom stereocenters. The zero-order valence-corrected chi connectivity index (χ0v) is 2.56. The smallest absolute Gasteiger partial charge is 0.186 e. The molecule has 0 aromatic rings. The van der Waals surface area contributed by atoms with Crippen molar-refractivity contribution in [1.29, 1.82) is 0 Å². The average Bonchev–Trinajstić information content (AvgIpc) is 0.918. The van der Waals surface area contributed by atoms with Gasteiger partial charge in [-0.3, -0.25) is 0 Å². The molecule has 0 saturated heterocycles. The van der Waals surface area contributed by atoms with Gasteiger partial charge >= 0.3 is 6.15 Å². The number of hydrogen-bond donors (Lipinski definition) is 0. The second-order valence-corrected chi connectivity index (χ2v) is 0.0833. The van der Waals surface area contributed by atoms with Crippen LogP contribution in [0.4, 0.5) is 0 Å². The van der Waals surface area contributed by atoms with Gasteiger partial charge in [-0.05, 0) is 0 Å². The molecule has 0 bridgehead atoms. The maximum Gasteiger partial charge on any atom is 0.373 e. The van der Waals surface area contributed by atoms with Crippen LogP contribution >= 0.6 is 0 Å². The minimum Gasteiger partial charge on any atom is -0.186 e. The van der Waals surface area contributed by atoms with E-state index in [0.717, 1.165) is 0 Å². The van der Waals surface area contributed by atoms with Gasteiger partial charge in [0.2, 0.25) is 0 Å². The zero-order valence-electron chi connectivity index (χ0n) is 1.62. The van der Waals surface area contributed by atoms with E-state index in [9.17, 15) is 0 Å². The minimum absolute atomic E-state index is 0. The Balaban J connectivity index is 0. The van der Waals surface area contributed by atoms with Crippen molar-refractivity contribution in [3.8, 4) is 0 Å². The largest absolute Gasteiger partial charge is 0.373 e. The Kier molecular flexibility index (Phi) is 29.4. The summed E-state index contributed by atoms with van der Waals surface area (Å²) in [6.45, 7) is 0. The van der Waals surface area contributed by atoms with Crippen LogP contribution in [0.1, 0.15) is 0 Å². The third-order valence-electron chi connectivity index (χ3n) is 0. The summed E-state index contributed by atoms with van der Waals surface area (Å²) in [6.07, 6.45) is 0.250. The SMILES string of the molecule is O=C=O.[Cu]. The van der Waals surface area contributed by atoms with Crippen LogP contribution < -0.4 is 0 Å². The van der Waals surface area contributed by atoms with Crippen LogP contribution in [-0.2, 0) is 26.7 Å². The molecular weight excluding hydrogens is 108 g/mol. The fourth-order valence-electron chi connectivity index (χ4n) is 0. The molecule has 2 nitrogen and oxygen atoms in total. The van der Waals surface area contributed by atoms with Gasteiger partial charge in [0, 0.05) is 17.1 Å². The first-order chi connectivity index (χ1) is 1.41. The fourth-order valence-corrected chi connectivity index (χ4v) is 0. The predicted octanol–water partition coefficient (Wildman–Crippen LogP) is -0.586. The van der Waals surface area contributed by atoms with Crippen molar-refractivity contribution in [3.63, 3.8) is 0 Å². The van der Waals surface area contributed by atoms with Crippen molar-refractivity contribution in [3.05, 3.63) is 0 Å². The molecule has 4 heavy (non-hydrogen) atoms. The molecule has 0 fully saturated rings. The molecule has 0 amide bonds. The van der Waals surface area contributed by atoms with Gasteiger partial charge < -0.3 is 0 Å². The monoisotopic (exact) mass is 107 g/mol. The molecule has 0 aliphatic rings. The van der Waals surface area contributed by atoms with Crippen molar-refractivity contribution in [1.82, 2.24) is 0 Å². The zero-order chi connectivity index (χ0) is 2.71. The van der Waals surface area contributed by atoms with E-state index in [2.05, 4.69) is 0 Å². The van der Waals surface area contributed by atoms with Crippen molar-refractivity contribution in [2.45, 2.75) is 0 Å². The Bertz CT molecular complexity index is 27.0. The van der Waals surface area contributed by atoms with Gasteiger partial charge in [-0.1, -0.05) is 0 Å². The molecule has 0 aliphatic carbocycles. The van der Waals surface area contributed by atoms with E-state index < -0.39 is 0 Å². The summed E-state index contributed by atoms with van der Waals surface area (Å²) in [5, 5.41) is 0. The molecule has 0 unspecified atom stereocenters. The van der Waals surface area contributed by atoms with Gasteiger partial charge in [-0.25, -0.2) is 0 Å². The van der Waals surface area contributed by atoms with Gasteiger partial charge in [0.1, 0.15) is 0 Å². The van der Waals surface area contributed by atoms with Gasteiger partial charge in [0.25, 0.3) is 0 Å². The van der Waals surface area contributed by atoms with Gasteiger partial charge in [0.15, 0.2) is 0 Å². The molecule has 0 N–H and O–H groups in total. The van der Waals surface area contributed by atoms with Crippen molar-refractivity contribution in [2.24, 2.45) is 0 Å². The first kappa shape index (κ1) is 9.09. The molecule has 0 spiro atoms. The second kappa shape index (κ2) is 12.9. The van der Waals surface area contributed by atoms with Gasteiger partial charge in [0.05, 0.1) is 0 Å². The summed E-state index contributed by atoms with van der Waals surface area (Å²) < 4.78 is 0. The Morgan fingerprint density at radius 1 is 1.25 bits per heavy atom. The summed E-state index contributed by atoms with van der Waals surface area (Å²) in [7, 11) is 0. The van der Waals surface area contributed by atoms with Crippen LogP contribution in [0.25, 0.3) is 0 Å². The maximum atomic E-state index is 8.12. The number of carbonyl (C=O) groups excluding carboxylic acids is 2. The third-order valence-corrected chi connectivity index (χ3v) is 0. The van der Waals surface area contributed by atoms with E-state index in [1.54, 1.807) is 0 Å². The summed E-state index contributed by atoms with van der Waals surface area (Å²) in [4.78, 5) is 16.2. The Hall–Kier alpha value is -0.101. The topological polar surface area (TPSA) is 34.1 Å². The molecule has 0 aromatic heterocycles. The minimum atomic E-state index is 0. The van der Waals surface area contributed by atoms with Crippen LogP contribution in [0.3, 0.4) is 0 Å².